The van der Waals surface area contributed by atoms with Gasteiger partial charge in [-0.3, -0.25) is 9.78 Å². The minimum absolute atomic E-state index is 0.0474. The monoisotopic (exact) mass is 415 g/mol. The fourth-order valence-electron chi connectivity index (χ4n) is 2.49. The van der Waals surface area contributed by atoms with Crippen molar-refractivity contribution in [1.82, 2.24) is 15.0 Å². The zero-order valence-corrected chi connectivity index (χ0v) is 16.4. The quantitative estimate of drug-likeness (QED) is 0.620. The molecule has 0 fully saturated rings. The van der Waals surface area contributed by atoms with Gasteiger partial charge >= 0.3 is 0 Å². The number of hydrogen-bond donors (Lipinski definition) is 2. The number of aromatic nitrogens is 1. The normalized spacial score (nSPS) is 11.2. The lowest BCUT2D eigenvalue weighted by Gasteiger charge is -2.11. The lowest BCUT2D eigenvalue weighted by molar-refractivity contribution is 0.0950. The van der Waals surface area contributed by atoms with Gasteiger partial charge in [0.15, 0.2) is 0 Å². The molecule has 3 aromatic rings. The topological polar surface area (TPSA) is 88.2 Å². The number of rotatable bonds is 7. The molecule has 1 heterocycles. The SMILES string of the molecule is O=C(NCc1ccncc1)c1ccc(Cl)c(S(=O)(=O)NCc2ccccc2)c1. The fraction of sp³-hybridized carbons (Fsp3) is 0.100. The highest BCUT2D eigenvalue weighted by atomic mass is 35.5. The summed E-state index contributed by atoms with van der Waals surface area (Å²) >= 11 is 6.08. The molecule has 0 saturated carbocycles. The second-order valence-electron chi connectivity index (χ2n) is 5.99. The molecule has 1 aromatic heterocycles. The van der Waals surface area contributed by atoms with Crippen molar-refractivity contribution in [2.75, 3.05) is 0 Å². The van der Waals surface area contributed by atoms with Crippen molar-refractivity contribution < 1.29 is 13.2 Å². The summed E-state index contributed by atoms with van der Waals surface area (Å²) in [6.07, 6.45) is 3.26. The van der Waals surface area contributed by atoms with Crippen molar-refractivity contribution in [1.29, 1.82) is 0 Å². The Bertz CT molecular complexity index is 1060. The summed E-state index contributed by atoms with van der Waals surface area (Å²) in [5.41, 5.74) is 1.90. The Kier molecular flexibility index (Phi) is 6.41. The third-order valence-electron chi connectivity index (χ3n) is 3.99. The molecular formula is C20H18ClN3O3S. The molecule has 0 spiro atoms. The van der Waals surface area contributed by atoms with Crippen molar-refractivity contribution >= 4 is 27.5 Å². The maximum absolute atomic E-state index is 12.6. The minimum atomic E-state index is -3.88. The molecule has 0 atom stereocenters. The first-order chi connectivity index (χ1) is 13.5. The molecule has 8 heteroatoms. The smallest absolute Gasteiger partial charge is 0.251 e. The molecular weight excluding hydrogens is 398 g/mol. The van der Waals surface area contributed by atoms with Gasteiger partial charge in [0.1, 0.15) is 4.90 Å². The van der Waals surface area contributed by atoms with Gasteiger partial charge in [-0.05, 0) is 41.5 Å². The van der Waals surface area contributed by atoms with Crippen LogP contribution in [-0.4, -0.2) is 19.3 Å². The zero-order valence-electron chi connectivity index (χ0n) is 14.8. The summed E-state index contributed by atoms with van der Waals surface area (Å²) in [7, 11) is -3.88. The summed E-state index contributed by atoms with van der Waals surface area (Å²) in [6, 6.07) is 16.9. The van der Waals surface area contributed by atoms with Crippen molar-refractivity contribution in [3.63, 3.8) is 0 Å². The number of nitrogens with zero attached hydrogens (tertiary/aromatic N) is 1. The molecule has 6 nitrogen and oxygen atoms in total. The van der Waals surface area contributed by atoms with Crippen molar-refractivity contribution in [2.45, 2.75) is 18.0 Å². The third kappa shape index (κ3) is 5.16. The van der Waals surface area contributed by atoms with Gasteiger partial charge in [0, 0.05) is 31.0 Å². The molecule has 0 aliphatic heterocycles. The Balaban J connectivity index is 1.73. The molecule has 144 valence electrons. The van der Waals surface area contributed by atoms with E-state index in [0.717, 1.165) is 11.1 Å². The van der Waals surface area contributed by atoms with E-state index in [9.17, 15) is 13.2 Å². The number of sulfonamides is 1. The van der Waals surface area contributed by atoms with E-state index in [2.05, 4.69) is 15.0 Å². The van der Waals surface area contributed by atoms with E-state index in [0.29, 0.717) is 6.54 Å². The van der Waals surface area contributed by atoms with Gasteiger partial charge in [-0.1, -0.05) is 41.9 Å². The number of carbonyl (C=O) groups is 1. The lowest BCUT2D eigenvalue weighted by Crippen LogP contribution is -2.25. The van der Waals surface area contributed by atoms with Crippen LogP contribution in [0.4, 0.5) is 0 Å². The Hall–Kier alpha value is -2.74. The van der Waals surface area contributed by atoms with Crippen molar-refractivity contribution in [3.05, 3.63) is 94.8 Å². The van der Waals surface area contributed by atoms with Crippen LogP contribution < -0.4 is 10.0 Å². The molecule has 0 aliphatic carbocycles. The van der Waals surface area contributed by atoms with Gasteiger partial charge in [0.05, 0.1) is 5.02 Å². The Morgan fingerprint density at radius 1 is 0.929 bits per heavy atom. The van der Waals surface area contributed by atoms with E-state index in [4.69, 9.17) is 11.6 Å². The molecule has 2 N–H and O–H groups in total. The summed E-state index contributed by atoms with van der Waals surface area (Å²) in [5.74, 6) is -0.395. The third-order valence-corrected chi connectivity index (χ3v) is 5.88. The maximum atomic E-state index is 12.6. The number of benzene rings is 2. The van der Waals surface area contributed by atoms with Gasteiger partial charge in [0.2, 0.25) is 10.0 Å². The van der Waals surface area contributed by atoms with Crippen LogP contribution in [0, 0.1) is 0 Å². The Morgan fingerprint density at radius 2 is 1.61 bits per heavy atom. The Morgan fingerprint density at radius 3 is 2.32 bits per heavy atom. The van der Waals surface area contributed by atoms with Crippen LogP contribution in [0.1, 0.15) is 21.5 Å². The second-order valence-corrected chi connectivity index (χ2v) is 8.14. The maximum Gasteiger partial charge on any atom is 0.251 e. The molecule has 0 bridgehead atoms. The lowest BCUT2D eigenvalue weighted by atomic mass is 10.2. The molecule has 1 amide bonds. The number of carbonyl (C=O) groups excluding carboxylic acids is 1. The number of nitrogens with one attached hydrogen (secondary N) is 2. The number of amides is 1. The van der Waals surface area contributed by atoms with Gasteiger partial charge < -0.3 is 5.32 Å². The molecule has 0 unspecified atom stereocenters. The first-order valence-electron chi connectivity index (χ1n) is 8.46. The molecule has 28 heavy (non-hydrogen) atoms. The molecule has 3 rings (SSSR count). The highest BCUT2D eigenvalue weighted by Gasteiger charge is 2.20. The van der Waals surface area contributed by atoms with Crippen LogP contribution >= 0.6 is 11.6 Å². The van der Waals surface area contributed by atoms with Crippen molar-refractivity contribution in [2.24, 2.45) is 0 Å². The van der Waals surface area contributed by atoms with E-state index in [1.54, 1.807) is 24.5 Å². The van der Waals surface area contributed by atoms with Crippen LogP contribution in [0.25, 0.3) is 0 Å². The standard InChI is InChI=1S/C20H18ClN3O3S/c21-18-7-6-17(20(25)23-13-16-8-10-22-11-9-16)12-19(18)28(26,27)24-14-15-4-2-1-3-5-15/h1-12,24H,13-14H2,(H,23,25). The molecule has 0 radical (unpaired) electrons. The van der Waals surface area contributed by atoms with Gasteiger partial charge in [-0.15, -0.1) is 0 Å². The second kappa shape index (κ2) is 8.97. The first kappa shape index (κ1) is 20.0. The van der Waals surface area contributed by atoms with Crippen molar-refractivity contribution in [3.8, 4) is 0 Å². The van der Waals surface area contributed by atoms with E-state index < -0.39 is 15.9 Å². The highest BCUT2D eigenvalue weighted by Crippen LogP contribution is 2.23. The van der Waals surface area contributed by atoms with E-state index in [1.807, 2.05) is 30.3 Å². The van der Waals surface area contributed by atoms with E-state index >= 15 is 0 Å². The van der Waals surface area contributed by atoms with Gasteiger partial charge in [-0.2, -0.15) is 0 Å². The van der Waals surface area contributed by atoms with E-state index in [-0.39, 0.29) is 22.0 Å². The van der Waals surface area contributed by atoms with Crippen LogP contribution in [0.3, 0.4) is 0 Å². The van der Waals surface area contributed by atoms with Crippen LogP contribution in [-0.2, 0) is 23.1 Å². The summed E-state index contributed by atoms with van der Waals surface area (Å²) in [6.45, 7) is 0.427. The first-order valence-corrected chi connectivity index (χ1v) is 10.3. The summed E-state index contributed by atoms with van der Waals surface area (Å²) in [5, 5.41) is 2.79. The van der Waals surface area contributed by atoms with E-state index in [1.165, 1.54) is 18.2 Å². The average Bonchev–Trinajstić information content (AvgIpc) is 2.72. The molecule has 0 saturated heterocycles. The van der Waals surface area contributed by atoms with Crippen LogP contribution in [0.2, 0.25) is 5.02 Å². The minimum Gasteiger partial charge on any atom is -0.348 e. The summed E-state index contributed by atoms with van der Waals surface area (Å²) in [4.78, 5) is 16.2. The predicted molar refractivity (Wildman–Crippen MR) is 107 cm³/mol. The average molecular weight is 416 g/mol. The van der Waals surface area contributed by atoms with Gasteiger partial charge in [0.25, 0.3) is 5.91 Å². The number of hydrogen-bond acceptors (Lipinski definition) is 4. The number of pyridine rings is 1. The fourth-order valence-corrected chi connectivity index (χ4v) is 4.03. The largest absolute Gasteiger partial charge is 0.348 e. The predicted octanol–water partition coefficient (Wildman–Crippen LogP) is 3.14. The van der Waals surface area contributed by atoms with Crippen LogP contribution in [0.15, 0.2) is 78.0 Å². The Labute approximate surface area is 168 Å². The summed E-state index contributed by atoms with van der Waals surface area (Å²) < 4.78 is 27.8. The van der Waals surface area contributed by atoms with Crippen LogP contribution in [0.5, 0.6) is 0 Å². The number of halogens is 1. The molecule has 0 aliphatic rings. The molecule has 2 aromatic carbocycles. The van der Waals surface area contributed by atoms with Gasteiger partial charge in [-0.25, -0.2) is 13.1 Å². The highest BCUT2D eigenvalue weighted by molar-refractivity contribution is 7.89. The zero-order chi connectivity index (χ0) is 20.0.